The van der Waals surface area contributed by atoms with Crippen molar-refractivity contribution in [3.8, 4) is 0 Å². The third kappa shape index (κ3) is 5.30. The van der Waals surface area contributed by atoms with E-state index in [1.807, 2.05) is 12.3 Å². The Hall–Kier alpha value is -2.45. The van der Waals surface area contributed by atoms with Gasteiger partial charge in [-0.25, -0.2) is 9.78 Å². The van der Waals surface area contributed by atoms with Gasteiger partial charge in [0.2, 0.25) is 0 Å². The van der Waals surface area contributed by atoms with Crippen molar-refractivity contribution in [1.82, 2.24) is 9.88 Å². The van der Waals surface area contributed by atoms with Crippen molar-refractivity contribution in [2.45, 2.75) is 52.9 Å². The van der Waals surface area contributed by atoms with Crippen LogP contribution in [0.5, 0.6) is 0 Å². The monoisotopic (exact) mass is 459 g/mol. The first-order valence-electron chi connectivity index (χ1n) is 11.3. The smallest absolute Gasteiger partial charge is 0.357 e. The second-order valence-electron chi connectivity index (χ2n) is 8.38. The molecule has 1 aromatic heterocycles. The van der Waals surface area contributed by atoms with Gasteiger partial charge in [-0.15, -0.1) is 11.3 Å². The van der Waals surface area contributed by atoms with Gasteiger partial charge in [-0.2, -0.15) is 0 Å². The number of Topliss-reactive ketones (excluding diaryl/α,β-unsaturated/α-hetero) is 1. The minimum atomic E-state index is -0.518. The molecule has 2 N–H and O–H groups in total. The third-order valence-corrected chi connectivity index (χ3v) is 6.26. The number of unbranched alkanes of at least 4 members (excludes halogenated alkanes) is 1. The predicted molar refractivity (Wildman–Crippen MR) is 125 cm³/mol. The van der Waals surface area contributed by atoms with E-state index in [0.717, 1.165) is 42.0 Å². The number of rotatable bonds is 10. The number of hydrogen-bond acceptors (Lipinski definition) is 8. The van der Waals surface area contributed by atoms with Crippen molar-refractivity contribution in [1.29, 1.82) is 0 Å². The van der Waals surface area contributed by atoms with Crippen LogP contribution in [-0.4, -0.2) is 47.9 Å². The van der Waals surface area contributed by atoms with Gasteiger partial charge in [0.25, 0.3) is 0 Å². The normalized spacial score (nSPS) is 18.5. The average molecular weight is 460 g/mol. The fourth-order valence-electron chi connectivity index (χ4n) is 3.83. The van der Waals surface area contributed by atoms with Gasteiger partial charge >= 0.3 is 5.97 Å². The average Bonchev–Trinajstić information content (AvgIpc) is 3.23. The number of hydrogen-bond donors (Lipinski definition) is 1. The van der Waals surface area contributed by atoms with E-state index in [1.54, 1.807) is 12.3 Å². The lowest BCUT2D eigenvalue weighted by Crippen LogP contribution is -2.33. The molecule has 1 atom stereocenters. The molecule has 1 aliphatic heterocycles. The zero-order valence-corrected chi connectivity index (χ0v) is 20.2. The molecular weight excluding hydrogens is 426 g/mol. The molecule has 174 valence electrons. The number of nitrogens with zero attached hydrogens (tertiary/aromatic N) is 2. The minimum Gasteiger partial charge on any atom is -0.491 e. The maximum atomic E-state index is 13.1. The first-order valence-corrected chi connectivity index (χ1v) is 12.2. The van der Waals surface area contributed by atoms with Crippen molar-refractivity contribution in [3.63, 3.8) is 0 Å². The Balaban J connectivity index is 1.99. The van der Waals surface area contributed by atoms with Crippen molar-refractivity contribution in [2.75, 3.05) is 26.3 Å². The SMILES string of the molecule is CCCCOC1=C(CN)N(CC(C)C)C=C2CC(=O)C(c3nc(C(=O)OCC)cs3)C=C21. The molecule has 0 bridgehead atoms. The van der Waals surface area contributed by atoms with Crippen LogP contribution >= 0.6 is 11.3 Å². The molecule has 1 aliphatic carbocycles. The van der Waals surface area contributed by atoms with Crippen molar-refractivity contribution >= 4 is 23.1 Å². The van der Waals surface area contributed by atoms with Crippen LogP contribution in [0.15, 0.2) is 40.3 Å². The highest BCUT2D eigenvalue weighted by Crippen LogP contribution is 2.41. The molecule has 0 amide bonds. The van der Waals surface area contributed by atoms with E-state index in [2.05, 4.69) is 30.7 Å². The Bertz CT molecular complexity index is 945. The van der Waals surface area contributed by atoms with E-state index in [1.165, 1.54) is 11.3 Å². The molecule has 1 unspecified atom stereocenters. The summed E-state index contributed by atoms with van der Waals surface area (Å²) in [4.78, 5) is 31.6. The van der Waals surface area contributed by atoms with Gasteiger partial charge in [0.1, 0.15) is 10.8 Å². The van der Waals surface area contributed by atoms with Gasteiger partial charge < -0.3 is 20.1 Å². The topological polar surface area (TPSA) is 94.8 Å². The van der Waals surface area contributed by atoms with Crippen LogP contribution in [0.1, 0.15) is 68.4 Å². The lowest BCUT2D eigenvalue weighted by atomic mass is 9.83. The highest BCUT2D eigenvalue weighted by atomic mass is 32.1. The molecule has 0 saturated carbocycles. The summed E-state index contributed by atoms with van der Waals surface area (Å²) in [5, 5.41) is 2.24. The Morgan fingerprint density at radius 1 is 1.38 bits per heavy atom. The third-order valence-electron chi connectivity index (χ3n) is 5.33. The largest absolute Gasteiger partial charge is 0.491 e. The summed E-state index contributed by atoms with van der Waals surface area (Å²) in [6, 6.07) is 0. The molecule has 0 spiro atoms. The van der Waals surface area contributed by atoms with E-state index in [0.29, 0.717) is 24.1 Å². The molecule has 3 rings (SSSR count). The van der Waals surface area contributed by atoms with Crippen molar-refractivity contribution < 1.29 is 19.1 Å². The predicted octanol–water partition coefficient (Wildman–Crippen LogP) is 4.15. The number of ketones is 1. The number of carbonyl (C=O) groups is 2. The zero-order valence-electron chi connectivity index (χ0n) is 19.3. The number of esters is 1. The number of nitrogens with two attached hydrogens (primary N) is 1. The minimum absolute atomic E-state index is 0.0540. The Kier molecular flexibility index (Phi) is 8.26. The fraction of sp³-hybridized carbons (Fsp3) is 0.542. The van der Waals surface area contributed by atoms with Gasteiger partial charge in [-0.3, -0.25) is 4.79 Å². The molecule has 0 radical (unpaired) electrons. The van der Waals surface area contributed by atoms with E-state index >= 15 is 0 Å². The molecule has 0 aromatic carbocycles. The molecular formula is C24H33N3O4S. The highest BCUT2D eigenvalue weighted by Gasteiger charge is 2.35. The summed E-state index contributed by atoms with van der Waals surface area (Å²) in [6.07, 6.45) is 6.23. The molecule has 0 fully saturated rings. The van der Waals surface area contributed by atoms with Gasteiger partial charge in [0.15, 0.2) is 11.5 Å². The first-order chi connectivity index (χ1) is 15.4. The maximum Gasteiger partial charge on any atom is 0.357 e. The second kappa shape index (κ2) is 10.9. The number of carbonyl (C=O) groups excluding carboxylic acids is 2. The lowest BCUT2D eigenvalue weighted by molar-refractivity contribution is -0.119. The summed E-state index contributed by atoms with van der Waals surface area (Å²) in [6.45, 7) is 10.2. The molecule has 1 aromatic rings. The molecule has 2 heterocycles. The van der Waals surface area contributed by atoms with Gasteiger partial charge in [-0.05, 0) is 24.8 Å². The van der Waals surface area contributed by atoms with Crippen molar-refractivity contribution in [3.05, 3.63) is 51.0 Å². The summed E-state index contributed by atoms with van der Waals surface area (Å²) in [7, 11) is 0. The number of thiazole rings is 1. The Morgan fingerprint density at radius 2 is 2.16 bits per heavy atom. The number of fused-ring (bicyclic) bond motifs is 1. The summed E-state index contributed by atoms with van der Waals surface area (Å²) in [5.74, 6) is 0.259. The second-order valence-corrected chi connectivity index (χ2v) is 9.26. The van der Waals surface area contributed by atoms with E-state index < -0.39 is 11.9 Å². The Morgan fingerprint density at radius 3 is 2.81 bits per heavy atom. The highest BCUT2D eigenvalue weighted by molar-refractivity contribution is 7.10. The van der Waals surface area contributed by atoms with Crippen LogP contribution < -0.4 is 5.73 Å². The first kappa shape index (κ1) is 24.2. The van der Waals surface area contributed by atoms with Crippen LogP contribution in [0.3, 0.4) is 0 Å². The van der Waals surface area contributed by atoms with Gasteiger partial charge in [-0.1, -0.05) is 33.3 Å². The zero-order chi connectivity index (χ0) is 23.3. The fourth-order valence-corrected chi connectivity index (χ4v) is 4.71. The molecule has 0 saturated heterocycles. The number of aromatic nitrogens is 1. The summed E-state index contributed by atoms with van der Waals surface area (Å²) < 4.78 is 11.3. The van der Waals surface area contributed by atoms with Crippen LogP contribution in [0.25, 0.3) is 0 Å². The van der Waals surface area contributed by atoms with E-state index in [4.69, 9.17) is 15.2 Å². The molecule has 7 nitrogen and oxygen atoms in total. The standard InChI is InChI=1S/C24H33N3O4S/c1-5-7-8-31-22-17-10-18(23-26-19(14-32-23)24(29)30-6-2)21(28)9-16(17)13-27(12-15(3)4)20(22)11-25/h10,13-15,18H,5-9,11-12,25H2,1-4H3. The van der Waals surface area contributed by atoms with Crippen LogP contribution in [-0.2, 0) is 14.3 Å². The summed E-state index contributed by atoms with van der Waals surface area (Å²) >= 11 is 1.30. The Labute approximate surface area is 194 Å². The quantitative estimate of drug-likeness (QED) is 0.415. The number of ether oxygens (including phenoxy) is 2. The molecule has 8 heteroatoms. The maximum absolute atomic E-state index is 13.1. The number of allylic oxidation sites excluding steroid dienone is 2. The van der Waals surface area contributed by atoms with E-state index in [9.17, 15) is 9.59 Å². The molecule has 32 heavy (non-hydrogen) atoms. The van der Waals surface area contributed by atoms with Crippen molar-refractivity contribution in [2.24, 2.45) is 11.7 Å². The van der Waals surface area contributed by atoms with Crippen LogP contribution in [0.2, 0.25) is 0 Å². The summed E-state index contributed by atoms with van der Waals surface area (Å²) in [5.41, 5.74) is 9.19. The van der Waals surface area contributed by atoms with Crippen LogP contribution in [0.4, 0.5) is 0 Å². The van der Waals surface area contributed by atoms with E-state index in [-0.39, 0.29) is 24.5 Å². The molecule has 2 aliphatic rings. The van der Waals surface area contributed by atoms with Gasteiger partial charge in [0, 0.05) is 36.7 Å². The van der Waals surface area contributed by atoms with Crippen LogP contribution in [0, 0.1) is 5.92 Å². The van der Waals surface area contributed by atoms with Gasteiger partial charge in [0.05, 0.1) is 24.8 Å². The lowest BCUT2D eigenvalue weighted by Gasteiger charge is -2.35.